The van der Waals surface area contributed by atoms with Gasteiger partial charge in [-0.15, -0.1) is 0 Å². The molecule has 2 aromatic rings. The van der Waals surface area contributed by atoms with Crippen LogP contribution in [0.5, 0.6) is 5.75 Å². The van der Waals surface area contributed by atoms with Crippen LogP contribution in [0.3, 0.4) is 0 Å². The van der Waals surface area contributed by atoms with Gasteiger partial charge < -0.3 is 4.74 Å². The third kappa shape index (κ3) is 2.32. The van der Waals surface area contributed by atoms with Crippen LogP contribution in [0.25, 0.3) is 6.08 Å². The number of carbonyl (C=O) groups excluding carboxylic acids is 1. The fraction of sp³-hybridized carbons (Fsp3) is 0.0625. The predicted octanol–water partition coefficient (Wildman–Crippen LogP) is 4.14. The van der Waals surface area contributed by atoms with Gasteiger partial charge in [0.15, 0.2) is 5.78 Å². The molecule has 100 valence electrons. The molecule has 1 heterocycles. The van der Waals surface area contributed by atoms with E-state index in [1.165, 1.54) is 12.1 Å². The predicted molar refractivity (Wildman–Crippen MR) is 75.7 cm³/mol. The van der Waals surface area contributed by atoms with Crippen molar-refractivity contribution in [3.63, 3.8) is 0 Å². The van der Waals surface area contributed by atoms with Crippen molar-refractivity contribution in [3.8, 4) is 5.75 Å². The van der Waals surface area contributed by atoms with Crippen molar-refractivity contribution in [2.75, 3.05) is 6.61 Å². The van der Waals surface area contributed by atoms with Gasteiger partial charge in [0.2, 0.25) is 0 Å². The second-order valence-corrected chi connectivity index (χ2v) is 4.89. The van der Waals surface area contributed by atoms with E-state index < -0.39 is 5.82 Å². The summed E-state index contributed by atoms with van der Waals surface area (Å²) < 4.78 is 19.3. The molecule has 0 bridgehead atoms. The Morgan fingerprint density at radius 1 is 1.20 bits per heavy atom. The second kappa shape index (κ2) is 5.10. The van der Waals surface area contributed by atoms with E-state index in [1.807, 2.05) is 0 Å². The van der Waals surface area contributed by atoms with Crippen LogP contribution >= 0.6 is 11.6 Å². The van der Waals surface area contributed by atoms with Gasteiger partial charge in [-0.25, -0.2) is 4.39 Å². The highest BCUT2D eigenvalue weighted by Gasteiger charge is 2.22. The van der Waals surface area contributed by atoms with E-state index in [1.54, 1.807) is 36.4 Å². The van der Waals surface area contributed by atoms with Gasteiger partial charge in [-0.2, -0.15) is 0 Å². The topological polar surface area (TPSA) is 26.3 Å². The van der Waals surface area contributed by atoms with E-state index in [0.717, 1.165) is 0 Å². The molecule has 0 unspecified atom stereocenters. The van der Waals surface area contributed by atoms with E-state index in [9.17, 15) is 9.18 Å². The average molecular weight is 289 g/mol. The van der Waals surface area contributed by atoms with Crippen LogP contribution in [0.4, 0.5) is 4.39 Å². The van der Waals surface area contributed by atoms with Crippen LogP contribution in [0, 0.1) is 5.82 Å². The first-order valence-corrected chi connectivity index (χ1v) is 6.45. The SMILES string of the molecule is O=C1/C(=C/c2ccc(Cl)cc2F)COc2ccccc21. The number of carbonyl (C=O) groups is 1. The third-order valence-corrected chi connectivity index (χ3v) is 3.33. The summed E-state index contributed by atoms with van der Waals surface area (Å²) in [5, 5.41) is 0.321. The van der Waals surface area contributed by atoms with E-state index in [4.69, 9.17) is 16.3 Å². The lowest BCUT2D eigenvalue weighted by Crippen LogP contribution is -2.18. The number of ether oxygens (including phenoxy) is 1. The molecule has 0 saturated heterocycles. The molecule has 0 aliphatic carbocycles. The lowest BCUT2D eigenvalue weighted by atomic mass is 9.98. The van der Waals surface area contributed by atoms with Crippen molar-refractivity contribution in [2.24, 2.45) is 0 Å². The Balaban J connectivity index is 2.00. The Kier molecular flexibility index (Phi) is 3.28. The highest BCUT2D eigenvalue weighted by molar-refractivity contribution is 6.30. The summed E-state index contributed by atoms with van der Waals surface area (Å²) in [5.41, 5.74) is 1.24. The molecule has 0 saturated carbocycles. The average Bonchev–Trinajstić information content (AvgIpc) is 2.45. The summed E-state index contributed by atoms with van der Waals surface area (Å²) in [4.78, 5) is 12.3. The van der Waals surface area contributed by atoms with Crippen molar-refractivity contribution in [1.29, 1.82) is 0 Å². The normalized spacial score (nSPS) is 15.9. The zero-order chi connectivity index (χ0) is 14.1. The molecule has 0 atom stereocenters. The Morgan fingerprint density at radius 2 is 2.00 bits per heavy atom. The largest absolute Gasteiger partial charge is 0.488 e. The van der Waals surface area contributed by atoms with Gasteiger partial charge in [0.05, 0.1) is 5.56 Å². The number of hydrogen-bond acceptors (Lipinski definition) is 2. The van der Waals surface area contributed by atoms with Gasteiger partial charge in [0.1, 0.15) is 18.2 Å². The Morgan fingerprint density at radius 3 is 2.80 bits per heavy atom. The fourth-order valence-corrected chi connectivity index (χ4v) is 2.25. The fourth-order valence-electron chi connectivity index (χ4n) is 2.09. The summed E-state index contributed by atoms with van der Waals surface area (Å²) in [6.07, 6.45) is 1.50. The Hall–Kier alpha value is -2.13. The molecule has 20 heavy (non-hydrogen) atoms. The first-order valence-electron chi connectivity index (χ1n) is 6.07. The molecule has 2 nitrogen and oxygen atoms in total. The van der Waals surface area contributed by atoms with Crippen molar-refractivity contribution < 1.29 is 13.9 Å². The molecule has 0 N–H and O–H groups in total. The summed E-state index contributed by atoms with van der Waals surface area (Å²) in [7, 11) is 0. The first kappa shape index (κ1) is 12.9. The highest BCUT2D eigenvalue weighted by Crippen LogP contribution is 2.28. The quantitative estimate of drug-likeness (QED) is 0.737. The zero-order valence-electron chi connectivity index (χ0n) is 10.4. The molecule has 0 fully saturated rings. The molecule has 1 aliphatic heterocycles. The van der Waals surface area contributed by atoms with Gasteiger partial charge in [0, 0.05) is 16.2 Å². The third-order valence-electron chi connectivity index (χ3n) is 3.10. The summed E-state index contributed by atoms with van der Waals surface area (Å²) in [6, 6.07) is 11.4. The standard InChI is InChI=1S/C16H10ClFO2/c17-12-6-5-10(14(18)8-12)7-11-9-20-15-4-2-1-3-13(15)16(11)19/h1-8H,9H2/b11-7+. The molecule has 0 amide bonds. The van der Waals surface area contributed by atoms with Crippen LogP contribution < -0.4 is 4.74 Å². The monoisotopic (exact) mass is 288 g/mol. The molecule has 2 aromatic carbocycles. The lowest BCUT2D eigenvalue weighted by Gasteiger charge is -2.18. The Labute approximate surface area is 120 Å². The van der Waals surface area contributed by atoms with Crippen molar-refractivity contribution in [1.82, 2.24) is 0 Å². The number of para-hydroxylation sites is 1. The molecular weight excluding hydrogens is 279 g/mol. The Bertz CT molecular complexity index is 722. The molecule has 3 rings (SSSR count). The summed E-state index contributed by atoms with van der Waals surface area (Å²) in [6.45, 7) is 0.137. The lowest BCUT2D eigenvalue weighted by molar-refractivity contribution is 0.100. The van der Waals surface area contributed by atoms with Gasteiger partial charge >= 0.3 is 0 Å². The highest BCUT2D eigenvalue weighted by atomic mass is 35.5. The molecule has 0 aromatic heterocycles. The smallest absolute Gasteiger partial charge is 0.196 e. The van der Waals surface area contributed by atoms with E-state index in [-0.39, 0.29) is 12.4 Å². The van der Waals surface area contributed by atoms with Gasteiger partial charge in [0.25, 0.3) is 0 Å². The number of benzene rings is 2. The molecule has 1 aliphatic rings. The zero-order valence-corrected chi connectivity index (χ0v) is 11.2. The summed E-state index contributed by atoms with van der Waals surface area (Å²) in [5.74, 6) is -0.0379. The van der Waals surface area contributed by atoms with Crippen molar-refractivity contribution >= 4 is 23.5 Å². The van der Waals surface area contributed by atoms with Crippen molar-refractivity contribution in [2.45, 2.75) is 0 Å². The minimum absolute atomic E-state index is 0.137. The number of ketones is 1. The van der Waals surface area contributed by atoms with E-state index in [0.29, 0.717) is 27.5 Å². The van der Waals surface area contributed by atoms with Crippen LogP contribution in [0.1, 0.15) is 15.9 Å². The van der Waals surface area contributed by atoms with Crippen LogP contribution in [0.2, 0.25) is 5.02 Å². The maximum absolute atomic E-state index is 13.7. The summed E-state index contributed by atoms with van der Waals surface area (Å²) >= 11 is 5.70. The number of halogens is 2. The van der Waals surface area contributed by atoms with Crippen LogP contribution in [0.15, 0.2) is 48.0 Å². The van der Waals surface area contributed by atoms with Gasteiger partial charge in [-0.05, 0) is 30.3 Å². The second-order valence-electron chi connectivity index (χ2n) is 4.45. The maximum Gasteiger partial charge on any atom is 0.196 e. The minimum Gasteiger partial charge on any atom is -0.488 e. The molecule has 0 spiro atoms. The molecule has 0 radical (unpaired) electrons. The minimum atomic E-state index is -0.461. The number of rotatable bonds is 1. The van der Waals surface area contributed by atoms with Crippen LogP contribution in [-0.4, -0.2) is 12.4 Å². The van der Waals surface area contributed by atoms with Crippen LogP contribution in [-0.2, 0) is 0 Å². The molecule has 4 heteroatoms. The van der Waals surface area contributed by atoms with Gasteiger partial charge in [-0.1, -0.05) is 29.8 Å². The van der Waals surface area contributed by atoms with Gasteiger partial charge in [-0.3, -0.25) is 4.79 Å². The molecular formula is C16H10ClFO2. The van der Waals surface area contributed by atoms with E-state index in [2.05, 4.69) is 0 Å². The van der Waals surface area contributed by atoms with E-state index >= 15 is 0 Å². The number of hydrogen-bond donors (Lipinski definition) is 0. The number of fused-ring (bicyclic) bond motifs is 1. The maximum atomic E-state index is 13.7. The number of Topliss-reactive ketones (excluding diaryl/α,β-unsaturated/α-hetero) is 1. The first-order chi connectivity index (χ1) is 9.65. The van der Waals surface area contributed by atoms with Crippen molar-refractivity contribution in [3.05, 3.63) is 70.0 Å².